The fraction of sp³-hybridized carbons (Fsp3) is 0.0800. The highest BCUT2D eigenvalue weighted by atomic mass is 16.4. The fourth-order valence-corrected chi connectivity index (χ4v) is 4.76. The molecule has 1 aliphatic heterocycles. The predicted octanol–water partition coefficient (Wildman–Crippen LogP) is 6.02. The maximum atomic E-state index is 11.6. The summed E-state index contributed by atoms with van der Waals surface area (Å²) >= 11 is 0. The van der Waals surface area contributed by atoms with Crippen molar-refractivity contribution in [2.75, 3.05) is 10.6 Å². The summed E-state index contributed by atoms with van der Waals surface area (Å²) in [7, 11) is 0. The topological polar surface area (TPSA) is 77.2 Å². The number of nitrogens with one attached hydrogen (secondary N) is 3. The quantitative estimate of drug-likeness (QED) is 0.277. The first-order valence-corrected chi connectivity index (χ1v) is 9.94. The number of anilines is 2. The Morgan fingerprint density at radius 1 is 0.800 bits per heavy atom. The van der Waals surface area contributed by atoms with Gasteiger partial charge in [0.2, 0.25) is 0 Å². The fourth-order valence-electron chi connectivity index (χ4n) is 4.76. The van der Waals surface area contributed by atoms with Gasteiger partial charge in [0.05, 0.1) is 16.9 Å². The molecule has 6 rings (SSSR count). The van der Waals surface area contributed by atoms with Crippen molar-refractivity contribution in [3.05, 3.63) is 83.6 Å². The lowest BCUT2D eigenvalue weighted by Gasteiger charge is -2.13. The summed E-state index contributed by atoms with van der Waals surface area (Å²) < 4.78 is 0. The summed E-state index contributed by atoms with van der Waals surface area (Å²) in [6.45, 7) is 2.08. The van der Waals surface area contributed by atoms with Gasteiger partial charge >= 0.3 is 5.97 Å². The van der Waals surface area contributed by atoms with Crippen molar-refractivity contribution < 1.29 is 9.90 Å². The van der Waals surface area contributed by atoms with Crippen LogP contribution in [0.1, 0.15) is 27.8 Å². The van der Waals surface area contributed by atoms with Crippen LogP contribution in [0.5, 0.6) is 0 Å². The maximum Gasteiger partial charge on any atom is 0.335 e. The van der Waals surface area contributed by atoms with E-state index >= 15 is 0 Å². The minimum Gasteiger partial charge on any atom is -0.478 e. The first kappa shape index (κ1) is 16.9. The van der Waals surface area contributed by atoms with Crippen molar-refractivity contribution in [2.45, 2.75) is 13.1 Å². The Labute approximate surface area is 172 Å². The van der Waals surface area contributed by atoms with Gasteiger partial charge in [0.25, 0.3) is 0 Å². The van der Waals surface area contributed by atoms with E-state index in [4.69, 9.17) is 0 Å². The minimum atomic E-state index is -0.922. The molecule has 0 amide bonds. The number of hydrogen-bond acceptors (Lipinski definition) is 3. The molecule has 1 atom stereocenters. The highest BCUT2D eigenvalue weighted by Crippen LogP contribution is 2.47. The zero-order valence-corrected chi connectivity index (χ0v) is 16.3. The van der Waals surface area contributed by atoms with Gasteiger partial charge in [-0.15, -0.1) is 0 Å². The van der Waals surface area contributed by atoms with E-state index in [2.05, 4.69) is 46.8 Å². The van der Waals surface area contributed by atoms with Crippen LogP contribution in [-0.4, -0.2) is 16.1 Å². The molecule has 5 heteroatoms. The maximum absolute atomic E-state index is 11.6. The SMILES string of the molecule is Cc1[nH]c2ccccc2c1C1Nc2c(c3cc(C(=O)O)ccc3c3ccccc23)N1. The van der Waals surface area contributed by atoms with Crippen molar-refractivity contribution in [1.29, 1.82) is 0 Å². The molecule has 0 fully saturated rings. The molecule has 0 spiro atoms. The number of benzene rings is 4. The van der Waals surface area contributed by atoms with Gasteiger partial charge in [0.1, 0.15) is 6.17 Å². The highest BCUT2D eigenvalue weighted by molar-refractivity contribution is 6.22. The number of hydrogen-bond donors (Lipinski definition) is 4. The third kappa shape index (κ3) is 2.26. The number of carboxylic acid groups (broad SMARTS) is 1. The van der Waals surface area contributed by atoms with Gasteiger partial charge in [-0.2, -0.15) is 0 Å². The van der Waals surface area contributed by atoms with Crippen LogP contribution in [0.4, 0.5) is 11.4 Å². The molecule has 1 aliphatic rings. The van der Waals surface area contributed by atoms with Gasteiger partial charge in [0.15, 0.2) is 0 Å². The van der Waals surface area contributed by atoms with E-state index in [9.17, 15) is 9.90 Å². The number of aromatic amines is 1. The Morgan fingerprint density at radius 2 is 1.43 bits per heavy atom. The predicted molar refractivity (Wildman–Crippen MR) is 121 cm³/mol. The molecule has 0 saturated carbocycles. The van der Waals surface area contributed by atoms with Gasteiger partial charge in [-0.25, -0.2) is 4.79 Å². The average Bonchev–Trinajstić information content (AvgIpc) is 3.34. The Balaban J connectivity index is 1.62. The lowest BCUT2D eigenvalue weighted by Crippen LogP contribution is -2.13. The lowest BCUT2D eigenvalue weighted by molar-refractivity contribution is 0.0697. The molecule has 0 saturated heterocycles. The number of aromatic nitrogens is 1. The Kier molecular flexibility index (Phi) is 3.39. The van der Waals surface area contributed by atoms with Crippen LogP contribution in [0.15, 0.2) is 66.7 Å². The number of fused-ring (bicyclic) bond motifs is 7. The van der Waals surface area contributed by atoms with E-state index in [-0.39, 0.29) is 11.7 Å². The van der Waals surface area contributed by atoms with Crippen LogP contribution in [0.2, 0.25) is 0 Å². The lowest BCUT2D eigenvalue weighted by atomic mass is 9.97. The van der Waals surface area contributed by atoms with Crippen LogP contribution in [0, 0.1) is 6.92 Å². The first-order valence-electron chi connectivity index (χ1n) is 9.94. The van der Waals surface area contributed by atoms with E-state index in [1.807, 2.05) is 30.3 Å². The van der Waals surface area contributed by atoms with Gasteiger partial charge in [-0.05, 0) is 35.9 Å². The number of rotatable bonds is 2. The van der Waals surface area contributed by atoms with Gasteiger partial charge in [-0.3, -0.25) is 0 Å². The second-order valence-corrected chi connectivity index (χ2v) is 7.79. The van der Waals surface area contributed by atoms with Crippen molar-refractivity contribution >= 4 is 49.8 Å². The molecular formula is C25H19N3O2. The van der Waals surface area contributed by atoms with E-state index in [0.29, 0.717) is 0 Å². The molecule has 146 valence electrons. The molecule has 0 radical (unpaired) electrons. The summed E-state index contributed by atoms with van der Waals surface area (Å²) in [6, 6.07) is 21.9. The molecule has 5 nitrogen and oxygen atoms in total. The van der Waals surface area contributed by atoms with E-state index in [1.54, 1.807) is 12.1 Å². The minimum absolute atomic E-state index is 0.112. The second-order valence-electron chi connectivity index (χ2n) is 7.79. The molecule has 4 aromatic carbocycles. The van der Waals surface area contributed by atoms with Crippen LogP contribution >= 0.6 is 0 Å². The molecule has 4 N–H and O–H groups in total. The van der Waals surface area contributed by atoms with Gasteiger partial charge in [0, 0.05) is 32.9 Å². The van der Waals surface area contributed by atoms with E-state index in [1.165, 1.54) is 10.9 Å². The third-order valence-corrected chi connectivity index (χ3v) is 6.08. The molecule has 30 heavy (non-hydrogen) atoms. The van der Waals surface area contributed by atoms with Crippen molar-refractivity contribution in [3.8, 4) is 0 Å². The van der Waals surface area contributed by atoms with Crippen LogP contribution in [-0.2, 0) is 0 Å². The standard InChI is InChI=1S/C25H19N3O2/c1-13-21(18-8-4-5-9-20(18)26-13)24-27-22-17-7-3-2-6-15(17)16-11-10-14(25(29)30)12-19(16)23(22)28-24/h2-12,24,26-28H,1H3,(H,29,30). The molecule has 0 aliphatic carbocycles. The first-order chi connectivity index (χ1) is 14.6. The Bertz CT molecular complexity index is 1500. The molecule has 1 aromatic heterocycles. The summed E-state index contributed by atoms with van der Waals surface area (Å²) in [4.78, 5) is 15.1. The summed E-state index contributed by atoms with van der Waals surface area (Å²) in [6.07, 6.45) is -0.112. The zero-order chi connectivity index (χ0) is 20.4. The van der Waals surface area contributed by atoms with Crippen LogP contribution in [0.3, 0.4) is 0 Å². The summed E-state index contributed by atoms with van der Waals surface area (Å²) in [5.41, 5.74) is 5.63. The van der Waals surface area contributed by atoms with Gasteiger partial charge in [-0.1, -0.05) is 48.5 Å². The summed E-state index contributed by atoms with van der Waals surface area (Å²) in [5.74, 6) is -0.922. The van der Waals surface area contributed by atoms with Crippen molar-refractivity contribution in [3.63, 3.8) is 0 Å². The zero-order valence-electron chi connectivity index (χ0n) is 16.3. The Hall–Kier alpha value is -3.99. The van der Waals surface area contributed by atoms with E-state index in [0.717, 1.165) is 44.1 Å². The number of aromatic carboxylic acids is 1. The number of carbonyl (C=O) groups is 1. The third-order valence-electron chi connectivity index (χ3n) is 6.08. The largest absolute Gasteiger partial charge is 0.478 e. The smallest absolute Gasteiger partial charge is 0.335 e. The molecule has 2 heterocycles. The second kappa shape index (κ2) is 6.00. The molecular weight excluding hydrogens is 374 g/mol. The molecule has 1 unspecified atom stereocenters. The number of para-hydroxylation sites is 1. The summed E-state index contributed by atoms with van der Waals surface area (Å²) in [5, 5.41) is 22.2. The van der Waals surface area contributed by atoms with Crippen molar-refractivity contribution in [1.82, 2.24) is 4.98 Å². The van der Waals surface area contributed by atoms with Crippen LogP contribution < -0.4 is 10.6 Å². The normalized spacial score (nSPS) is 15.3. The van der Waals surface area contributed by atoms with Crippen LogP contribution in [0.25, 0.3) is 32.4 Å². The monoisotopic (exact) mass is 393 g/mol. The average molecular weight is 393 g/mol. The number of H-pyrrole nitrogens is 1. The number of carboxylic acids is 1. The Morgan fingerprint density at radius 3 is 2.20 bits per heavy atom. The molecule has 0 bridgehead atoms. The number of aryl methyl sites for hydroxylation is 1. The van der Waals surface area contributed by atoms with E-state index < -0.39 is 5.97 Å². The van der Waals surface area contributed by atoms with Crippen molar-refractivity contribution in [2.24, 2.45) is 0 Å². The molecule has 5 aromatic rings. The highest BCUT2D eigenvalue weighted by Gasteiger charge is 2.29. The van der Waals surface area contributed by atoms with Gasteiger partial charge < -0.3 is 20.7 Å².